The second kappa shape index (κ2) is 6.15. The van der Waals surface area contributed by atoms with Crippen LogP contribution >= 0.6 is 0 Å². The second-order valence-corrected chi connectivity index (χ2v) is 4.23. The summed E-state index contributed by atoms with van der Waals surface area (Å²) in [5, 5.41) is 1.78. The first-order valence-electron chi connectivity index (χ1n) is 6.05. The predicted molar refractivity (Wildman–Crippen MR) is 77.0 cm³/mol. The largest absolute Gasteiger partial charge is 0.382 e. The zero-order valence-corrected chi connectivity index (χ0v) is 11.2. The molecule has 2 rings (SSSR count). The van der Waals surface area contributed by atoms with Gasteiger partial charge in [0.2, 0.25) is 0 Å². The molecule has 1 aliphatic rings. The summed E-state index contributed by atoms with van der Waals surface area (Å²) in [4.78, 5) is 8.87. The van der Waals surface area contributed by atoms with E-state index in [2.05, 4.69) is 22.0 Å². The minimum atomic E-state index is -0.0819. The molecule has 0 saturated heterocycles. The Balaban J connectivity index is 2.28. The second-order valence-electron chi connectivity index (χ2n) is 4.23. The van der Waals surface area contributed by atoms with E-state index in [0.29, 0.717) is 12.4 Å². The molecule has 1 atom stereocenters. The van der Waals surface area contributed by atoms with E-state index < -0.39 is 0 Å². The molecule has 0 aliphatic carbocycles. The van der Waals surface area contributed by atoms with Crippen LogP contribution in [0.2, 0.25) is 0 Å². The van der Waals surface area contributed by atoms with Crippen molar-refractivity contribution in [2.45, 2.75) is 6.04 Å². The van der Waals surface area contributed by atoms with E-state index in [4.69, 9.17) is 4.74 Å². The number of nitrogens with zero attached hydrogens (tertiary/aromatic N) is 3. The fourth-order valence-corrected chi connectivity index (χ4v) is 1.78. The van der Waals surface area contributed by atoms with Gasteiger partial charge in [-0.1, -0.05) is 36.9 Å². The molecule has 100 valence electrons. The molecule has 0 spiro atoms. The summed E-state index contributed by atoms with van der Waals surface area (Å²) >= 11 is 0. The monoisotopic (exact) mass is 258 g/mol. The minimum Gasteiger partial charge on any atom is -0.382 e. The van der Waals surface area contributed by atoms with E-state index >= 15 is 0 Å². The fraction of sp³-hybridized carbons (Fsp3) is 0.286. The van der Waals surface area contributed by atoms with Crippen molar-refractivity contribution in [3.8, 4) is 0 Å². The van der Waals surface area contributed by atoms with Gasteiger partial charge in [-0.3, -0.25) is 15.4 Å². The molecular formula is C14H18N4O. The van der Waals surface area contributed by atoms with E-state index in [1.165, 1.54) is 0 Å². The summed E-state index contributed by atoms with van der Waals surface area (Å²) in [7, 11) is 3.54. The molecule has 0 saturated carbocycles. The Hall–Kier alpha value is -2.14. The maximum absolute atomic E-state index is 5.24. The zero-order valence-electron chi connectivity index (χ0n) is 11.2. The van der Waals surface area contributed by atoms with Crippen molar-refractivity contribution in [3.05, 3.63) is 48.2 Å². The summed E-state index contributed by atoms with van der Waals surface area (Å²) in [6, 6.07) is 9.95. The Morgan fingerprint density at radius 3 is 2.84 bits per heavy atom. The molecule has 1 aromatic carbocycles. The van der Waals surface area contributed by atoms with Crippen LogP contribution in [0.5, 0.6) is 0 Å². The van der Waals surface area contributed by atoms with Crippen LogP contribution in [-0.2, 0) is 4.74 Å². The Labute approximate surface area is 113 Å². The van der Waals surface area contributed by atoms with Gasteiger partial charge in [-0.15, -0.1) is 0 Å². The van der Waals surface area contributed by atoms with Gasteiger partial charge in [0.15, 0.2) is 5.84 Å². The van der Waals surface area contributed by atoms with E-state index in [1.54, 1.807) is 18.5 Å². The van der Waals surface area contributed by atoms with Crippen molar-refractivity contribution in [3.63, 3.8) is 0 Å². The number of benzene rings is 1. The van der Waals surface area contributed by atoms with E-state index in [-0.39, 0.29) is 6.04 Å². The highest BCUT2D eigenvalue weighted by Crippen LogP contribution is 2.19. The Morgan fingerprint density at radius 2 is 2.16 bits per heavy atom. The standard InChI is InChI=1S/C14H18N4O/c1-11-14(15-10-16-18(11)2)17-13(9-19-3)12-7-5-4-6-8-12/h4-8,10,13H,1,9H2,2-3H3,(H,15,16,17). The van der Waals surface area contributed by atoms with Crippen LogP contribution in [0.1, 0.15) is 11.6 Å². The number of amidine groups is 1. The van der Waals surface area contributed by atoms with Gasteiger partial charge < -0.3 is 4.74 Å². The number of nitrogens with one attached hydrogen (secondary N) is 1. The van der Waals surface area contributed by atoms with Gasteiger partial charge in [0, 0.05) is 14.2 Å². The smallest absolute Gasteiger partial charge is 0.174 e. The molecule has 1 unspecified atom stereocenters. The van der Waals surface area contributed by atoms with Crippen molar-refractivity contribution in [1.82, 2.24) is 10.4 Å². The number of hydrogen-bond donors (Lipinski definition) is 1. The third-order valence-corrected chi connectivity index (χ3v) is 2.89. The number of ether oxygens (including phenoxy) is 1. The Kier molecular flexibility index (Phi) is 4.30. The topological polar surface area (TPSA) is 49.2 Å². The summed E-state index contributed by atoms with van der Waals surface area (Å²) in [5.41, 5.74) is 4.77. The Morgan fingerprint density at radius 1 is 1.42 bits per heavy atom. The highest BCUT2D eigenvalue weighted by molar-refractivity contribution is 6.03. The molecule has 19 heavy (non-hydrogen) atoms. The van der Waals surface area contributed by atoms with Gasteiger partial charge in [-0.2, -0.15) is 0 Å². The van der Waals surface area contributed by atoms with Crippen LogP contribution in [0.3, 0.4) is 0 Å². The summed E-state index contributed by atoms with van der Waals surface area (Å²) in [6.45, 7) is 4.47. The van der Waals surface area contributed by atoms with Crippen LogP contribution < -0.4 is 5.43 Å². The lowest BCUT2D eigenvalue weighted by molar-refractivity contribution is 0.181. The fourth-order valence-electron chi connectivity index (χ4n) is 1.78. The summed E-state index contributed by atoms with van der Waals surface area (Å²) in [6.07, 6.45) is 1.60. The average Bonchev–Trinajstić information content (AvgIpc) is 2.44. The molecule has 1 heterocycles. The van der Waals surface area contributed by atoms with E-state index in [0.717, 1.165) is 11.3 Å². The molecule has 1 aliphatic heterocycles. The van der Waals surface area contributed by atoms with Crippen molar-refractivity contribution in [1.29, 1.82) is 0 Å². The van der Waals surface area contributed by atoms with Crippen molar-refractivity contribution in [2.24, 2.45) is 9.98 Å². The first kappa shape index (κ1) is 13.3. The highest BCUT2D eigenvalue weighted by atomic mass is 16.5. The first-order valence-corrected chi connectivity index (χ1v) is 6.05. The van der Waals surface area contributed by atoms with Crippen molar-refractivity contribution in [2.75, 3.05) is 20.8 Å². The number of hydrazine groups is 1. The molecule has 1 aromatic rings. The molecule has 1 N–H and O–H groups in total. The molecule has 5 heteroatoms. The summed E-state index contributed by atoms with van der Waals surface area (Å²) < 4.78 is 5.24. The van der Waals surface area contributed by atoms with Gasteiger partial charge >= 0.3 is 0 Å². The van der Waals surface area contributed by atoms with Gasteiger partial charge in [-0.25, -0.2) is 4.99 Å². The van der Waals surface area contributed by atoms with E-state index in [9.17, 15) is 0 Å². The first-order chi connectivity index (χ1) is 9.22. The van der Waals surface area contributed by atoms with Crippen LogP contribution in [0.15, 0.2) is 52.6 Å². The van der Waals surface area contributed by atoms with E-state index in [1.807, 2.05) is 37.4 Å². The van der Waals surface area contributed by atoms with Crippen LogP contribution in [-0.4, -0.2) is 37.9 Å². The van der Waals surface area contributed by atoms with Crippen LogP contribution in [0, 0.1) is 0 Å². The highest BCUT2D eigenvalue weighted by Gasteiger charge is 2.16. The molecule has 0 fully saturated rings. The third kappa shape index (κ3) is 3.20. The lowest BCUT2D eigenvalue weighted by Crippen LogP contribution is -2.38. The molecule has 5 nitrogen and oxygen atoms in total. The average molecular weight is 258 g/mol. The maximum atomic E-state index is 5.24. The number of aliphatic imine (C=N–C) groups is 2. The van der Waals surface area contributed by atoms with Gasteiger partial charge in [0.25, 0.3) is 0 Å². The number of rotatable bonds is 4. The van der Waals surface area contributed by atoms with Gasteiger partial charge in [-0.05, 0) is 5.56 Å². The van der Waals surface area contributed by atoms with Crippen molar-refractivity contribution >= 4 is 12.2 Å². The van der Waals surface area contributed by atoms with Crippen LogP contribution in [0.4, 0.5) is 0 Å². The molecule has 0 bridgehead atoms. The number of hydrogen-bond acceptors (Lipinski definition) is 4. The van der Waals surface area contributed by atoms with Crippen molar-refractivity contribution < 1.29 is 4.74 Å². The van der Waals surface area contributed by atoms with Gasteiger partial charge in [0.05, 0.1) is 12.3 Å². The lowest BCUT2D eigenvalue weighted by atomic mass is 10.1. The SMILES string of the molecule is C=C1C(=NC(COC)c2ccccc2)N=CNN1C. The quantitative estimate of drug-likeness (QED) is 0.895. The van der Waals surface area contributed by atoms with Gasteiger partial charge in [0.1, 0.15) is 12.4 Å². The normalized spacial score (nSPS) is 18.5. The Bertz CT molecular complexity index is 495. The number of likely N-dealkylation sites (N-methyl/N-ethyl adjacent to an activating group) is 1. The molecule has 0 amide bonds. The number of methoxy groups -OCH3 is 1. The minimum absolute atomic E-state index is 0.0819. The third-order valence-electron chi connectivity index (χ3n) is 2.89. The lowest BCUT2D eigenvalue weighted by Gasteiger charge is -2.25. The molecule has 0 radical (unpaired) electrons. The van der Waals surface area contributed by atoms with Crippen LogP contribution in [0.25, 0.3) is 0 Å². The molecular weight excluding hydrogens is 240 g/mol. The predicted octanol–water partition coefficient (Wildman–Crippen LogP) is 1.76. The zero-order chi connectivity index (χ0) is 13.7. The summed E-state index contributed by atoms with van der Waals surface area (Å²) in [5.74, 6) is 0.618. The molecule has 0 aromatic heterocycles. The maximum Gasteiger partial charge on any atom is 0.174 e.